The molecule has 2 amide bonds. The molecule has 2 aliphatic rings. The minimum Gasteiger partial charge on any atom is -0.481 e. The van der Waals surface area contributed by atoms with Crippen molar-refractivity contribution in [2.24, 2.45) is 11.8 Å². The van der Waals surface area contributed by atoms with Crippen LogP contribution in [0.4, 0.5) is 0 Å². The highest BCUT2D eigenvalue weighted by molar-refractivity contribution is 5.85. The molecule has 0 spiro atoms. The van der Waals surface area contributed by atoms with E-state index in [2.05, 4.69) is 16.6 Å². The van der Waals surface area contributed by atoms with Crippen LogP contribution >= 0.6 is 12.4 Å². The Morgan fingerprint density at radius 1 is 1.27 bits per heavy atom. The summed E-state index contributed by atoms with van der Waals surface area (Å²) in [4.78, 5) is 37.0. The molecule has 0 saturated carbocycles. The highest BCUT2D eigenvalue weighted by Crippen LogP contribution is 2.21. The fourth-order valence-electron chi connectivity index (χ4n) is 3.47. The first-order valence-electron chi connectivity index (χ1n) is 8.96. The molecule has 26 heavy (non-hydrogen) atoms. The van der Waals surface area contributed by atoms with Crippen molar-refractivity contribution in [3.63, 3.8) is 0 Å². The van der Waals surface area contributed by atoms with E-state index >= 15 is 0 Å². The standard InChI is InChI=1S/C18H27N3O4.ClH/c1-2-15(11-17(23)24)20-18(25)14-7-10-21(12-14)16(22)4-3-13-5-8-19-9-6-13;/h1,13-15,19H,3-12H2,(H,20,25)(H,23,24);1H. The van der Waals surface area contributed by atoms with Gasteiger partial charge in [0, 0.05) is 19.5 Å². The second kappa shape index (κ2) is 11.0. The number of carboxylic acid groups (broad SMARTS) is 1. The van der Waals surface area contributed by atoms with Gasteiger partial charge in [0.15, 0.2) is 0 Å². The highest BCUT2D eigenvalue weighted by Gasteiger charge is 2.32. The Morgan fingerprint density at radius 3 is 2.58 bits per heavy atom. The Hall–Kier alpha value is -1.78. The molecular weight excluding hydrogens is 358 g/mol. The maximum Gasteiger partial charge on any atom is 0.306 e. The highest BCUT2D eigenvalue weighted by atomic mass is 35.5. The predicted octanol–water partition coefficient (Wildman–Crippen LogP) is 0.629. The van der Waals surface area contributed by atoms with Gasteiger partial charge in [0.25, 0.3) is 0 Å². The van der Waals surface area contributed by atoms with Gasteiger partial charge in [-0.15, -0.1) is 18.8 Å². The van der Waals surface area contributed by atoms with Crippen molar-refractivity contribution >= 4 is 30.2 Å². The van der Waals surface area contributed by atoms with Crippen LogP contribution in [0.5, 0.6) is 0 Å². The number of carbonyl (C=O) groups is 3. The minimum absolute atomic E-state index is 0. The monoisotopic (exact) mass is 385 g/mol. The average molecular weight is 386 g/mol. The fraction of sp³-hybridized carbons (Fsp3) is 0.722. The van der Waals surface area contributed by atoms with Crippen LogP contribution in [0.2, 0.25) is 0 Å². The number of nitrogens with one attached hydrogen (secondary N) is 2. The van der Waals surface area contributed by atoms with E-state index in [-0.39, 0.29) is 36.6 Å². The second-order valence-electron chi connectivity index (χ2n) is 6.88. The van der Waals surface area contributed by atoms with Crippen LogP contribution in [0.1, 0.15) is 38.5 Å². The molecule has 2 unspecified atom stereocenters. The molecule has 0 aromatic carbocycles. The van der Waals surface area contributed by atoms with E-state index in [0.717, 1.165) is 32.4 Å². The quantitative estimate of drug-likeness (QED) is 0.558. The summed E-state index contributed by atoms with van der Waals surface area (Å²) in [6, 6.07) is -0.810. The van der Waals surface area contributed by atoms with E-state index in [1.54, 1.807) is 4.90 Å². The third kappa shape index (κ3) is 6.85. The Morgan fingerprint density at radius 2 is 1.96 bits per heavy atom. The SMILES string of the molecule is C#CC(CC(=O)O)NC(=O)C1CCN(C(=O)CCC2CCNCC2)C1.Cl. The fourth-order valence-corrected chi connectivity index (χ4v) is 3.47. The first-order chi connectivity index (χ1) is 12.0. The zero-order valence-corrected chi connectivity index (χ0v) is 15.7. The van der Waals surface area contributed by atoms with E-state index in [9.17, 15) is 14.4 Å². The molecule has 0 aromatic heterocycles. The summed E-state index contributed by atoms with van der Waals surface area (Å²) in [5.41, 5.74) is 0. The summed E-state index contributed by atoms with van der Waals surface area (Å²) in [5, 5.41) is 14.7. The van der Waals surface area contributed by atoms with Gasteiger partial charge in [-0.3, -0.25) is 14.4 Å². The molecule has 2 atom stereocenters. The molecule has 0 aromatic rings. The Labute approximate surface area is 160 Å². The van der Waals surface area contributed by atoms with Crippen molar-refractivity contribution in [1.82, 2.24) is 15.5 Å². The number of halogens is 1. The topological polar surface area (TPSA) is 98.7 Å². The van der Waals surface area contributed by atoms with Gasteiger partial charge < -0.3 is 20.6 Å². The van der Waals surface area contributed by atoms with Crippen LogP contribution in [0.3, 0.4) is 0 Å². The molecule has 8 heteroatoms. The van der Waals surface area contributed by atoms with Gasteiger partial charge in [-0.1, -0.05) is 5.92 Å². The number of hydrogen-bond donors (Lipinski definition) is 3. The summed E-state index contributed by atoms with van der Waals surface area (Å²) in [6.45, 7) is 3.01. The molecule has 0 bridgehead atoms. The molecule has 2 saturated heterocycles. The van der Waals surface area contributed by atoms with E-state index < -0.39 is 12.0 Å². The van der Waals surface area contributed by atoms with Crippen molar-refractivity contribution in [3.8, 4) is 12.3 Å². The molecule has 2 aliphatic heterocycles. The van der Waals surface area contributed by atoms with E-state index in [4.69, 9.17) is 11.5 Å². The van der Waals surface area contributed by atoms with Crippen molar-refractivity contribution in [2.75, 3.05) is 26.2 Å². The van der Waals surface area contributed by atoms with E-state index in [1.807, 2.05) is 0 Å². The summed E-state index contributed by atoms with van der Waals surface area (Å²) in [7, 11) is 0. The van der Waals surface area contributed by atoms with E-state index in [1.165, 1.54) is 0 Å². The van der Waals surface area contributed by atoms with Gasteiger partial charge in [0.05, 0.1) is 12.3 Å². The normalized spacial score (nSPS) is 21.3. The number of terminal acetylenes is 1. The smallest absolute Gasteiger partial charge is 0.306 e. The predicted molar refractivity (Wildman–Crippen MR) is 99.8 cm³/mol. The average Bonchev–Trinajstić information content (AvgIpc) is 3.10. The lowest BCUT2D eigenvalue weighted by molar-refractivity contribution is -0.137. The number of carboxylic acids is 1. The Bertz CT molecular complexity index is 543. The zero-order valence-electron chi connectivity index (χ0n) is 14.9. The molecule has 2 fully saturated rings. The lowest BCUT2D eigenvalue weighted by Crippen LogP contribution is -2.40. The van der Waals surface area contributed by atoms with Gasteiger partial charge in [-0.2, -0.15) is 0 Å². The van der Waals surface area contributed by atoms with Gasteiger partial charge in [-0.25, -0.2) is 0 Å². The van der Waals surface area contributed by atoms with Crippen LogP contribution in [-0.2, 0) is 14.4 Å². The molecule has 2 rings (SSSR count). The number of carbonyl (C=O) groups excluding carboxylic acids is 2. The summed E-state index contributed by atoms with van der Waals surface area (Å²) >= 11 is 0. The van der Waals surface area contributed by atoms with Gasteiger partial charge in [0.2, 0.25) is 11.8 Å². The first kappa shape index (κ1) is 22.3. The minimum atomic E-state index is -1.05. The first-order valence-corrected chi connectivity index (χ1v) is 8.96. The molecule has 0 radical (unpaired) electrons. The van der Waals surface area contributed by atoms with Gasteiger partial charge >= 0.3 is 5.97 Å². The molecule has 2 heterocycles. The number of hydrogen-bond acceptors (Lipinski definition) is 4. The molecule has 7 nitrogen and oxygen atoms in total. The lowest BCUT2D eigenvalue weighted by Gasteiger charge is -2.23. The molecule has 0 aliphatic carbocycles. The van der Waals surface area contributed by atoms with Crippen LogP contribution in [0.15, 0.2) is 0 Å². The largest absolute Gasteiger partial charge is 0.481 e. The van der Waals surface area contributed by atoms with Crippen LogP contribution in [-0.4, -0.2) is 60.0 Å². The Balaban J connectivity index is 0.00000338. The number of amides is 2. The maximum absolute atomic E-state index is 12.3. The number of aliphatic carboxylic acids is 1. The summed E-state index contributed by atoms with van der Waals surface area (Å²) < 4.78 is 0. The lowest BCUT2D eigenvalue weighted by atomic mass is 9.93. The number of piperidine rings is 1. The Kier molecular flexibility index (Phi) is 9.46. The number of nitrogens with zero attached hydrogens (tertiary/aromatic N) is 1. The number of likely N-dealkylation sites (tertiary alicyclic amines) is 1. The third-order valence-corrected chi connectivity index (χ3v) is 5.03. The van der Waals surface area contributed by atoms with Crippen molar-refractivity contribution < 1.29 is 19.5 Å². The molecule has 146 valence electrons. The van der Waals surface area contributed by atoms with Gasteiger partial charge in [0.1, 0.15) is 6.04 Å². The summed E-state index contributed by atoms with van der Waals surface area (Å²) in [5.74, 6) is 1.37. The molecular formula is C18H28ClN3O4. The number of rotatable bonds is 7. The zero-order chi connectivity index (χ0) is 18.2. The van der Waals surface area contributed by atoms with Crippen molar-refractivity contribution in [3.05, 3.63) is 0 Å². The second-order valence-corrected chi connectivity index (χ2v) is 6.88. The molecule has 3 N–H and O–H groups in total. The van der Waals surface area contributed by atoms with Crippen LogP contribution in [0, 0.1) is 24.2 Å². The van der Waals surface area contributed by atoms with Gasteiger partial charge in [-0.05, 0) is 44.7 Å². The summed E-state index contributed by atoms with van der Waals surface area (Å²) in [6.07, 6.45) is 9.23. The van der Waals surface area contributed by atoms with Crippen LogP contribution in [0.25, 0.3) is 0 Å². The van der Waals surface area contributed by atoms with Crippen molar-refractivity contribution in [1.29, 1.82) is 0 Å². The van der Waals surface area contributed by atoms with Crippen molar-refractivity contribution in [2.45, 2.75) is 44.6 Å². The third-order valence-electron chi connectivity index (χ3n) is 5.03. The maximum atomic E-state index is 12.3. The van der Waals surface area contributed by atoms with E-state index in [0.29, 0.717) is 31.8 Å². The van der Waals surface area contributed by atoms with Crippen LogP contribution < -0.4 is 10.6 Å².